The Bertz CT molecular complexity index is 3250. The van der Waals surface area contributed by atoms with Crippen molar-refractivity contribution in [2.75, 3.05) is 4.90 Å². The third-order valence-electron chi connectivity index (χ3n) is 11.3. The molecule has 0 bridgehead atoms. The lowest BCUT2D eigenvalue weighted by atomic mass is 9.93. The van der Waals surface area contributed by atoms with Crippen LogP contribution >= 0.6 is 0 Å². The minimum absolute atomic E-state index is 0.888. The lowest BCUT2D eigenvalue weighted by molar-refractivity contribution is 0.672. The molecule has 0 aliphatic rings. The highest BCUT2D eigenvalue weighted by Gasteiger charge is 2.22. The summed E-state index contributed by atoms with van der Waals surface area (Å²) in [4.78, 5) is 2.46. The molecular formula is C54H35NO. The Morgan fingerprint density at radius 1 is 0.304 bits per heavy atom. The zero-order valence-electron chi connectivity index (χ0n) is 30.6. The van der Waals surface area contributed by atoms with Crippen LogP contribution < -0.4 is 4.90 Å². The summed E-state index contributed by atoms with van der Waals surface area (Å²) in [6.07, 6.45) is 0. The predicted molar refractivity (Wildman–Crippen MR) is 237 cm³/mol. The first-order valence-electron chi connectivity index (χ1n) is 19.2. The average molecular weight is 714 g/mol. The second-order valence-electron chi connectivity index (χ2n) is 14.4. The monoisotopic (exact) mass is 713 g/mol. The Hall–Kier alpha value is -7.42. The van der Waals surface area contributed by atoms with Gasteiger partial charge in [0.2, 0.25) is 0 Å². The lowest BCUT2D eigenvalue weighted by Gasteiger charge is -2.30. The van der Waals surface area contributed by atoms with E-state index >= 15 is 0 Å². The highest BCUT2D eigenvalue weighted by molar-refractivity contribution is 6.16. The second-order valence-corrected chi connectivity index (χ2v) is 14.4. The maximum atomic E-state index is 6.55. The zero-order chi connectivity index (χ0) is 37.0. The van der Waals surface area contributed by atoms with Crippen LogP contribution in [0.25, 0.3) is 87.6 Å². The first-order chi connectivity index (χ1) is 27.8. The van der Waals surface area contributed by atoms with E-state index in [2.05, 4.69) is 217 Å². The van der Waals surface area contributed by atoms with Gasteiger partial charge in [-0.25, -0.2) is 0 Å². The highest BCUT2D eigenvalue weighted by Crippen LogP contribution is 2.47. The molecule has 0 saturated carbocycles. The Morgan fingerprint density at radius 2 is 0.929 bits per heavy atom. The van der Waals surface area contributed by atoms with Crippen molar-refractivity contribution in [2.24, 2.45) is 0 Å². The number of benzene rings is 10. The number of anilines is 3. The fourth-order valence-corrected chi connectivity index (χ4v) is 8.61. The van der Waals surface area contributed by atoms with Crippen LogP contribution in [-0.2, 0) is 0 Å². The molecule has 56 heavy (non-hydrogen) atoms. The van der Waals surface area contributed by atoms with Gasteiger partial charge in [-0.3, -0.25) is 0 Å². The molecule has 0 radical (unpaired) electrons. The third kappa shape index (κ3) is 5.26. The van der Waals surface area contributed by atoms with Crippen LogP contribution in [0.2, 0.25) is 0 Å². The van der Waals surface area contributed by atoms with Crippen LogP contribution in [0, 0.1) is 0 Å². The van der Waals surface area contributed by atoms with E-state index in [0.717, 1.165) is 55.5 Å². The van der Waals surface area contributed by atoms with Crippen molar-refractivity contribution >= 4 is 71.3 Å². The number of rotatable bonds is 6. The lowest BCUT2D eigenvalue weighted by Crippen LogP contribution is -2.12. The van der Waals surface area contributed by atoms with Crippen LogP contribution in [0.1, 0.15) is 0 Å². The highest BCUT2D eigenvalue weighted by atomic mass is 16.3. The Morgan fingerprint density at radius 3 is 1.73 bits per heavy atom. The maximum Gasteiger partial charge on any atom is 0.143 e. The van der Waals surface area contributed by atoms with Crippen LogP contribution in [-0.4, -0.2) is 0 Å². The van der Waals surface area contributed by atoms with Crippen LogP contribution in [0.5, 0.6) is 0 Å². The predicted octanol–water partition coefficient (Wildman–Crippen LogP) is 15.5. The average Bonchev–Trinajstić information content (AvgIpc) is 3.66. The number of para-hydroxylation sites is 1. The van der Waals surface area contributed by atoms with Gasteiger partial charge in [0, 0.05) is 32.8 Å². The van der Waals surface area contributed by atoms with E-state index in [-0.39, 0.29) is 0 Å². The smallest absolute Gasteiger partial charge is 0.143 e. The molecule has 0 atom stereocenters. The van der Waals surface area contributed by atoms with Crippen LogP contribution in [0.4, 0.5) is 17.1 Å². The molecule has 2 heteroatoms. The van der Waals surface area contributed by atoms with Gasteiger partial charge in [0.15, 0.2) is 0 Å². The number of hydrogen-bond donors (Lipinski definition) is 0. The topological polar surface area (TPSA) is 16.4 Å². The van der Waals surface area contributed by atoms with Crippen molar-refractivity contribution in [3.8, 4) is 33.4 Å². The Balaban J connectivity index is 1.17. The largest absolute Gasteiger partial charge is 0.455 e. The summed E-state index contributed by atoms with van der Waals surface area (Å²) < 4.78 is 6.55. The van der Waals surface area contributed by atoms with E-state index in [0.29, 0.717) is 0 Å². The van der Waals surface area contributed by atoms with Gasteiger partial charge in [0.25, 0.3) is 0 Å². The van der Waals surface area contributed by atoms with Gasteiger partial charge >= 0.3 is 0 Å². The van der Waals surface area contributed by atoms with E-state index in [1.54, 1.807) is 0 Å². The molecule has 0 aliphatic heterocycles. The van der Waals surface area contributed by atoms with Crippen LogP contribution in [0.15, 0.2) is 217 Å². The first-order valence-corrected chi connectivity index (χ1v) is 19.2. The maximum absolute atomic E-state index is 6.55. The molecule has 0 spiro atoms. The fourth-order valence-electron chi connectivity index (χ4n) is 8.61. The van der Waals surface area contributed by atoms with Gasteiger partial charge in [-0.2, -0.15) is 0 Å². The van der Waals surface area contributed by atoms with E-state index in [1.807, 2.05) is 0 Å². The summed E-state index contributed by atoms with van der Waals surface area (Å²) in [5.74, 6) is 0. The number of fused-ring (bicyclic) bond motifs is 8. The van der Waals surface area contributed by atoms with E-state index in [4.69, 9.17) is 4.42 Å². The molecule has 262 valence electrons. The van der Waals surface area contributed by atoms with Gasteiger partial charge in [0.1, 0.15) is 11.2 Å². The Labute approximate surface area is 325 Å². The standard InChI is InChI=1S/C54H35NO/c1-3-14-36(15-4-1)43-32-29-41(35-49(43)37-16-5-2-6-17-37)55(52-25-13-23-46-42-20-9-7-18-38(42)26-30-47(46)52)51-24-12-11-21-44(51)40-28-33-53-50(34-40)48-31-27-39-19-8-10-22-45(39)54(48)56-53/h1-35H. The molecular weight excluding hydrogens is 679 g/mol. The normalized spacial score (nSPS) is 11.6. The molecule has 1 heterocycles. The fraction of sp³-hybridized carbons (Fsp3) is 0. The van der Waals surface area contributed by atoms with Crippen molar-refractivity contribution in [3.63, 3.8) is 0 Å². The minimum atomic E-state index is 0.888. The summed E-state index contributed by atoms with van der Waals surface area (Å²) in [5.41, 5.74) is 12.1. The van der Waals surface area contributed by atoms with Gasteiger partial charge in [0.05, 0.1) is 11.4 Å². The molecule has 11 rings (SSSR count). The van der Waals surface area contributed by atoms with Gasteiger partial charge in [-0.1, -0.05) is 170 Å². The molecule has 0 N–H and O–H groups in total. The summed E-state index contributed by atoms with van der Waals surface area (Å²) in [7, 11) is 0. The molecule has 0 amide bonds. The molecule has 10 aromatic carbocycles. The Kier molecular flexibility index (Phi) is 7.53. The van der Waals surface area contributed by atoms with Crippen LogP contribution in [0.3, 0.4) is 0 Å². The van der Waals surface area contributed by atoms with Crippen molar-refractivity contribution in [1.82, 2.24) is 0 Å². The second kappa shape index (κ2) is 13.2. The molecule has 11 aromatic rings. The van der Waals surface area contributed by atoms with Crippen molar-refractivity contribution < 1.29 is 4.42 Å². The van der Waals surface area contributed by atoms with E-state index in [1.165, 1.54) is 49.2 Å². The summed E-state index contributed by atoms with van der Waals surface area (Å²) in [6.45, 7) is 0. The summed E-state index contributed by atoms with van der Waals surface area (Å²) in [6, 6.07) is 76.6. The molecule has 0 aliphatic carbocycles. The molecule has 2 nitrogen and oxygen atoms in total. The zero-order valence-corrected chi connectivity index (χ0v) is 30.6. The first kappa shape index (κ1) is 32.0. The summed E-state index contributed by atoms with van der Waals surface area (Å²) in [5, 5.41) is 9.44. The molecule has 0 saturated heterocycles. The van der Waals surface area contributed by atoms with Gasteiger partial charge in [-0.15, -0.1) is 0 Å². The van der Waals surface area contributed by atoms with E-state index < -0.39 is 0 Å². The SMILES string of the molecule is c1ccc(-c2ccc(N(c3ccccc3-c3ccc4oc5c6ccccc6ccc5c4c3)c3cccc4c3ccc3ccccc34)cc2-c2ccccc2)cc1. The number of hydrogen-bond acceptors (Lipinski definition) is 2. The number of nitrogens with zero attached hydrogens (tertiary/aromatic N) is 1. The quantitative estimate of drug-likeness (QED) is 0.160. The van der Waals surface area contributed by atoms with Crippen molar-refractivity contribution in [1.29, 1.82) is 0 Å². The van der Waals surface area contributed by atoms with Crippen molar-refractivity contribution in [2.45, 2.75) is 0 Å². The van der Waals surface area contributed by atoms with Gasteiger partial charge < -0.3 is 9.32 Å². The van der Waals surface area contributed by atoms with Gasteiger partial charge in [-0.05, 0) is 91.8 Å². The molecule has 0 unspecified atom stereocenters. The van der Waals surface area contributed by atoms with E-state index in [9.17, 15) is 0 Å². The van der Waals surface area contributed by atoms with Crippen molar-refractivity contribution in [3.05, 3.63) is 212 Å². The minimum Gasteiger partial charge on any atom is -0.455 e. The third-order valence-corrected chi connectivity index (χ3v) is 11.3. The molecule has 0 fully saturated rings. The summed E-state index contributed by atoms with van der Waals surface area (Å²) >= 11 is 0. The molecule has 1 aromatic heterocycles. The number of furan rings is 1.